The Kier molecular flexibility index (Phi) is 9.32. The third kappa shape index (κ3) is 8.03. The van der Waals surface area contributed by atoms with Crippen molar-refractivity contribution in [3.05, 3.63) is 66.4 Å². The zero-order chi connectivity index (χ0) is 31.4. The van der Waals surface area contributed by atoms with Gasteiger partial charge in [0.2, 0.25) is 0 Å². The van der Waals surface area contributed by atoms with Crippen molar-refractivity contribution in [3.63, 3.8) is 0 Å². The number of halogens is 6. The first-order valence-corrected chi connectivity index (χ1v) is 13.3. The largest absolute Gasteiger partial charge is 0.490 e. The van der Waals surface area contributed by atoms with Crippen molar-refractivity contribution in [2.75, 3.05) is 13.1 Å². The Morgan fingerprint density at radius 2 is 1.49 bits per heavy atom. The van der Waals surface area contributed by atoms with E-state index in [1.54, 1.807) is 0 Å². The molecule has 2 aliphatic heterocycles. The zero-order valence-corrected chi connectivity index (χ0v) is 22.6. The quantitative estimate of drug-likeness (QED) is 0.370. The molecule has 1 aliphatic carbocycles. The number of nitrogens with zero attached hydrogens (tertiary/aromatic N) is 4. The SMILES string of the molecule is O=C(O)C(F)(F)F.O=C(O)C(F)(F)F.c1ccc(CN2CCC3(CC2)Oc2ccccc2-c2ncn(CC4CC4)c23)nc1. The maximum absolute atomic E-state index is 10.6. The van der Waals surface area contributed by atoms with Gasteiger partial charge in [-0.3, -0.25) is 9.88 Å². The van der Waals surface area contributed by atoms with E-state index in [1.807, 2.05) is 12.3 Å². The monoisotopic (exact) mass is 614 g/mol. The minimum absolute atomic E-state index is 0.268. The standard InChI is InChI=1S/C24H26N4O.2C2HF3O2/c1-2-7-21-20(6-1)22-23(28(17-26-22)15-18-8-9-18)24(29-21)10-13-27(14-11-24)16-19-5-3-4-12-25-19;2*3-2(4,5)1(6)7/h1-7,12,17-18H,8-11,13-16H2;2*(H,6,7). The molecule has 0 bridgehead atoms. The average Bonchev–Trinajstić information content (AvgIpc) is 3.66. The van der Waals surface area contributed by atoms with Crippen LogP contribution in [0.5, 0.6) is 5.75 Å². The van der Waals surface area contributed by atoms with Gasteiger partial charge in [0, 0.05) is 50.8 Å². The van der Waals surface area contributed by atoms with Crippen molar-refractivity contribution in [3.8, 4) is 17.0 Å². The highest BCUT2D eigenvalue weighted by molar-refractivity contribution is 5.73. The highest BCUT2D eigenvalue weighted by Crippen LogP contribution is 2.49. The smallest absolute Gasteiger partial charge is 0.480 e. The van der Waals surface area contributed by atoms with Gasteiger partial charge < -0.3 is 19.5 Å². The molecule has 15 heteroatoms. The maximum atomic E-state index is 10.6. The fourth-order valence-corrected chi connectivity index (χ4v) is 4.92. The van der Waals surface area contributed by atoms with Crippen LogP contribution in [0.3, 0.4) is 0 Å². The highest BCUT2D eigenvalue weighted by atomic mass is 19.4. The number of piperidine rings is 1. The summed E-state index contributed by atoms with van der Waals surface area (Å²) in [6, 6.07) is 14.5. The molecule has 0 atom stereocenters. The Bertz CT molecular complexity index is 1390. The molecule has 0 radical (unpaired) electrons. The summed E-state index contributed by atoms with van der Waals surface area (Å²) in [5.74, 6) is -3.72. The molecule has 232 valence electrons. The summed E-state index contributed by atoms with van der Waals surface area (Å²) < 4.78 is 72.7. The lowest BCUT2D eigenvalue weighted by molar-refractivity contribution is -0.193. The number of fused-ring (bicyclic) bond motifs is 4. The number of hydrogen-bond acceptors (Lipinski definition) is 6. The van der Waals surface area contributed by atoms with E-state index in [-0.39, 0.29) is 5.60 Å². The summed E-state index contributed by atoms with van der Waals surface area (Å²) in [6.45, 7) is 3.99. The molecule has 3 aromatic rings. The molecule has 2 fully saturated rings. The van der Waals surface area contributed by atoms with Crippen LogP contribution in [0.4, 0.5) is 26.3 Å². The van der Waals surface area contributed by atoms with Gasteiger partial charge in [-0.15, -0.1) is 0 Å². The number of likely N-dealkylation sites (tertiary alicyclic amines) is 1. The summed E-state index contributed by atoms with van der Waals surface area (Å²) in [6.07, 6.45) is -1.58. The lowest BCUT2D eigenvalue weighted by Crippen LogP contribution is -2.48. The first-order valence-electron chi connectivity index (χ1n) is 13.3. The minimum Gasteiger partial charge on any atom is -0.480 e. The van der Waals surface area contributed by atoms with Crippen molar-refractivity contribution < 1.29 is 50.9 Å². The van der Waals surface area contributed by atoms with Crippen LogP contribution >= 0.6 is 0 Å². The number of para-hydroxylation sites is 1. The van der Waals surface area contributed by atoms with Crippen LogP contribution in [0.15, 0.2) is 55.0 Å². The van der Waals surface area contributed by atoms with E-state index in [4.69, 9.17) is 29.5 Å². The Balaban J connectivity index is 0.000000254. The second kappa shape index (κ2) is 12.6. The fourth-order valence-electron chi connectivity index (χ4n) is 4.92. The van der Waals surface area contributed by atoms with Gasteiger partial charge >= 0.3 is 24.3 Å². The van der Waals surface area contributed by atoms with Crippen LogP contribution < -0.4 is 4.74 Å². The maximum Gasteiger partial charge on any atom is 0.490 e. The molecule has 3 aliphatic rings. The second-order valence-corrected chi connectivity index (χ2v) is 10.3. The summed E-state index contributed by atoms with van der Waals surface area (Å²) in [7, 11) is 0. The summed E-state index contributed by atoms with van der Waals surface area (Å²) in [5.41, 5.74) is 4.44. The van der Waals surface area contributed by atoms with Crippen LogP contribution in [0.1, 0.15) is 37.1 Å². The lowest BCUT2D eigenvalue weighted by Gasteiger charge is -2.44. The number of carboxylic acids is 2. The summed E-state index contributed by atoms with van der Waals surface area (Å²) in [4.78, 5) is 29.7. The first kappa shape index (κ1) is 31.8. The molecular formula is C28H28F6N4O5. The zero-order valence-electron chi connectivity index (χ0n) is 22.6. The molecule has 43 heavy (non-hydrogen) atoms. The number of aromatic nitrogens is 3. The number of benzene rings is 1. The molecule has 1 saturated carbocycles. The fraction of sp³-hybridized carbons (Fsp3) is 0.429. The van der Waals surface area contributed by atoms with Gasteiger partial charge in [-0.05, 0) is 43.0 Å². The van der Waals surface area contributed by atoms with Crippen LogP contribution in [0, 0.1) is 5.92 Å². The van der Waals surface area contributed by atoms with E-state index < -0.39 is 24.3 Å². The molecule has 1 spiro atoms. The van der Waals surface area contributed by atoms with Gasteiger partial charge in [-0.1, -0.05) is 18.2 Å². The number of aliphatic carboxylic acids is 2. The van der Waals surface area contributed by atoms with E-state index in [9.17, 15) is 26.3 Å². The van der Waals surface area contributed by atoms with Crippen molar-refractivity contribution in [2.45, 2.75) is 56.7 Å². The molecular weight excluding hydrogens is 586 g/mol. The topological polar surface area (TPSA) is 118 Å². The number of ether oxygens (including phenoxy) is 1. The normalized spacial score (nSPS) is 17.3. The van der Waals surface area contributed by atoms with Crippen LogP contribution in [-0.2, 0) is 28.3 Å². The van der Waals surface area contributed by atoms with Gasteiger partial charge in [0.1, 0.15) is 5.75 Å². The van der Waals surface area contributed by atoms with Gasteiger partial charge in [0.05, 0.1) is 23.4 Å². The van der Waals surface area contributed by atoms with Gasteiger partial charge in [0.15, 0.2) is 5.60 Å². The number of hydrogen-bond donors (Lipinski definition) is 2. The number of imidazole rings is 1. The third-order valence-electron chi connectivity index (χ3n) is 7.13. The van der Waals surface area contributed by atoms with Crippen LogP contribution in [-0.4, -0.2) is 67.0 Å². The predicted octanol–water partition coefficient (Wildman–Crippen LogP) is 5.51. The molecule has 9 nitrogen and oxygen atoms in total. The Morgan fingerprint density at radius 3 is 2.02 bits per heavy atom. The Hall–Kier alpha value is -4.14. The van der Waals surface area contributed by atoms with E-state index in [0.717, 1.165) is 67.6 Å². The number of alkyl halides is 6. The van der Waals surface area contributed by atoms with Crippen LogP contribution in [0.25, 0.3) is 11.3 Å². The van der Waals surface area contributed by atoms with Gasteiger partial charge in [-0.25, -0.2) is 14.6 Å². The van der Waals surface area contributed by atoms with Crippen molar-refractivity contribution in [2.24, 2.45) is 5.92 Å². The van der Waals surface area contributed by atoms with Crippen molar-refractivity contribution >= 4 is 11.9 Å². The molecule has 4 heterocycles. The Morgan fingerprint density at radius 1 is 0.907 bits per heavy atom. The van der Waals surface area contributed by atoms with E-state index in [2.05, 4.69) is 57.2 Å². The number of pyridine rings is 1. The third-order valence-corrected chi connectivity index (χ3v) is 7.13. The van der Waals surface area contributed by atoms with Crippen molar-refractivity contribution in [1.29, 1.82) is 0 Å². The second-order valence-electron chi connectivity index (χ2n) is 10.3. The first-order chi connectivity index (χ1) is 20.2. The van der Waals surface area contributed by atoms with E-state index in [0.29, 0.717) is 0 Å². The molecule has 0 amide bonds. The van der Waals surface area contributed by atoms with Gasteiger partial charge in [0.25, 0.3) is 0 Å². The number of carboxylic acid groups (broad SMARTS) is 2. The Labute approximate surface area is 241 Å². The van der Waals surface area contributed by atoms with E-state index >= 15 is 0 Å². The summed E-state index contributed by atoms with van der Waals surface area (Å²) in [5, 5.41) is 14.2. The molecule has 6 rings (SSSR count). The molecule has 0 unspecified atom stereocenters. The predicted molar refractivity (Wildman–Crippen MR) is 139 cm³/mol. The molecule has 2 N–H and O–H groups in total. The summed E-state index contributed by atoms with van der Waals surface area (Å²) >= 11 is 0. The van der Waals surface area contributed by atoms with Crippen molar-refractivity contribution in [1.82, 2.24) is 19.4 Å². The van der Waals surface area contributed by atoms with Gasteiger partial charge in [-0.2, -0.15) is 26.3 Å². The number of rotatable bonds is 4. The lowest BCUT2D eigenvalue weighted by atomic mass is 9.83. The number of carbonyl (C=O) groups is 2. The minimum atomic E-state index is -5.08. The average molecular weight is 615 g/mol. The molecule has 1 saturated heterocycles. The highest BCUT2D eigenvalue weighted by Gasteiger charge is 2.47. The molecule has 1 aromatic carbocycles. The molecule has 2 aromatic heterocycles. The van der Waals surface area contributed by atoms with E-state index in [1.165, 1.54) is 18.5 Å². The van der Waals surface area contributed by atoms with Crippen LogP contribution in [0.2, 0.25) is 0 Å².